The van der Waals surface area contributed by atoms with Crippen LogP contribution in [0, 0.1) is 12.8 Å². The topological polar surface area (TPSA) is 75.3 Å². The van der Waals surface area contributed by atoms with E-state index in [2.05, 4.69) is 29.1 Å². The molecule has 1 amide bonds. The molecule has 0 heterocycles. The summed E-state index contributed by atoms with van der Waals surface area (Å²) in [6.45, 7) is 2.92. The Labute approximate surface area is 126 Å². The van der Waals surface area contributed by atoms with Crippen molar-refractivity contribution in [3.8, 4) is 0 Å². The van der Waals surface area contributed by atoms with Gasteiger partial charge in [-0.3, -0.25) is 4.79 Å². The van der Waals surface area contributed by atoms with Crippen LogP contribution < -0.4 is 10.0 Å². The van der Waals surface area contributed by atoms with Crippen LogP contribution in [0.5, 0.6) is 0 Å². The minimum absolute atomic E-state index is 0.0639. The van der Waals surface area contributed by atoms with Crippen LogP contribution in [0.15, 0.2) is 24.3 Å². The second kappa shape index (κ2) is 6.58. The Morgan fingerprint density at radius 3 is 2.67 bits per heavy atom. The summed E-state index contributed by atoms with van der Waals surface area (Å²) >= 11 is 0. The van der Waals surface area contributed by atoms with Crippen molar-refractivity contribution < 1.29 is 13.2 Å². The largest absolute Gasteiger partial charge is 0.356 e. The van der Waals surface area contributed by atoms with Gasteiger partial charge in [-0.05, 0) is 36.8 Å². The SMILES string of the molecule is Cc1ccccc1[C@H]1C[C@H]1C(=O)NCCCNS(C)(=O)=O. The van der Waals surface area contributed by atoms with Gasteiger partial charge in [0, 0.05) is 19.0 Å². The molecule has 0 aromatic heterocycles. The van der Waals surface area contributed by atoms with Crippen LogP contribution in [-0.4, -0.2) is 33.7 Å². The highest BCUT2D eigenvalue weighted by Gasteiger charge is 2.44. The first kappa shape index (κ1) is 16.0. The number of rotatable bonds is 7. The molecule has 2 rings (SSSR count). The monoisotopic (exact) mass is 310 g/mol. The van der Waals surface area contributed by atoms with Gasteiger partial charge in [0.15, 0.2) is 0 Å². The molecule has 6 heteroatoms. The normalized spacial score (nSPS) is 21.0. The molecule has 5 nitrogen and oxygen atoms in total. The van der Waals surface area contributed by atoms with E-state index in [-0.39, 0.29) is 11.8 Å². The van der Waals surface area contributed by atoms with E-state index in [1.807, 2.05) is 12.1 Å². The van der Waals surface area contributed by atoms with E-state index in [1.165, 1.54) is 11.1 Å². The lowest BCUT2D eigenvalue weighted by atomic mass is 10.0. The van der Waals surface area contributed by atoms with Crippen LogP contribution in [0.1, 0.15) is 29.9 Å². The van der Waals surface area contributed by atoms with Gasteiger partial charge in [-0.15, -0.1) is 0 Å². The fourth-order valence-corrected chi connectivity index (χ4v) is 3.04. The standard InChI is InChI=1S/C15H22N2O3S/c1-11-6-3-4-7-12(11)13-10-14(13)15(18)16-8-5-9-17-21(2,19)20/h3-4,6-7,13-14,17H,5,8-10H2,1-2H3,(H,16,18)/t13-,14-/m1/s1. The van der Waals surface area contributed by atoms with Crippen LogP contribution in [0.4, 0.5) is 0 Å². The summed E-state index contributed by atoms with van der Waals surface area (Å²) in [6.07, 6.45) is 2.63. The Kier molecular flexibility index (Phi) is 5.00. The van der Waals surface area contributed by atoms with Gasteiger partial charge in [0.05, 0.1) is 6.26 Å². The number of benzene rings is 1. The molecule has 1 aromatic rings. The fraction of sp³-hybridized carbons (Fsp3) is 0.533. The zero-order chi connectivity index (χ0) is 15.5. The zero-order valence-corrected chi connectivity index (χ0v) is 13.2. The first-order valence-electron chi connectivity index (χ1n) is 7.16. The smallest absolute Gasteiger partial charge is 0.223 e. The predicted molar refractivity (Wildman–Crippen MR) is 82.5 cm³/mol. The number of aryl methyl sites for hydroxylation is 1. The van der Waals surface area contributed by atoms with E-state index >= 15 is 0 Å². The summed E-state index contributed by atoms with van der Waals surface area (Å²) in [4.78, 5) is 12.0. The van der Waals surface area contributed by atoms with Gasteiger partial charge >= 0.3 is 0 Å². The van der Waals surface area contributed by atoms with Crippen molar-refractivity contribution >= 4 is 15.9 Å². The predicted octanol–water partition coefficient (Wildman–Crippen LogP) is 1.15. The van der Waals surface area contributed by atoms with Crippen molar-refractivity contribution in [2.24, 2.45) is 5.92 Å². The molecule has 116 valence electrons. The molecule has 0 aliphatic heterocycles. The summed E-state index contributed by atoms with van der Waals surface area (Å²) < 4.78 is 24.2. The number of carbonyl (C=O) groups excluding carboxylic acids is 1. The first-order valence-corrected chi connectivity index (χ1v) is 9.05. The number of sulfonamides is 1. The van der Waals surface area contributed by atoms with Gasteiger partial charge in [-0.1, -0.05) is 24.3 Å². The molecular weight excluding hydrogens is 288 g/mol. The first-order chi connectivity index (χ1) is 9.88. The Hall–Kier alpha value is -1.40. The van der Waals surface area contributed by atoms with Crippen molar-refractivity contribution in [3.05, 3.63) is 35.4 Å². The fourth-order valence-electron chi connectivity index (χ4n) is 2.52. The van der Waals surface area contributed by atoms with Crippen molar-refractivity contribution in [2.75, 3.05) is 19.3 Å². The minimum Gasteiger partial charge on any atom is -0.356 e. The van der Waals surface area contributed by atoms with Crippen molar-refractivity contribution in [2.45, 2.75) is 25.7 Å². The Morgan fingerprint density at radius 1 is 1.29 bits per heavy atom. The van der Waals surface area contributed by atoms with Crippen LogP contribution in [0.25, 0.3) is 0 Å². The third kappa shape index (κ3) is 4.82. The van der Waals surface area contributed by atoms with Gasteiger partial charge in [0.2, 0.25) is 15.9 Å². The number of hydrogen-bond acceptors (Lipinski definition) is 3. The summed E-state index contributed by atoms with van der Waals surface area (Å²) in [5.41, 5.74) is 2.49. The molecule has 0 bridgehead atoms. The van der Waals surface area contributed by atoms with Gasteiger partial charge in [0.1, 0.15) is 0 Å². The van der Waals surface area contributed by atoms with Crippen molar-refractivity contribution in [1.29, 1.82) is 0 Å². The van der Waals surface area contributed by atoms with Crippen LogP contribution in [0.3, 0.4) is 0 Å². The Morgan fingerprint density at radius 2 is 2.00 bits per heavy atom. The lowest BCUT2D eigenvalue weighted by Gasteiger charge is -2.07. The number of carbonyl (C=O) groups is 1. The molecule has 0 radical (unpaired) electrons. The van der Waals surface area contributed by atoms with Gasteiger partial charge in [-0.2, -0.15) is 0 Å². The molecule has 1 fully saturated rings. The Balaban J connectivity index is 1.71. The molecule has 2 N–H and O–H groups in total. The number of hydrogen-bond donors (Lipinski definition) is 2. The van der Waals surface area contributed by atoms with E-state index in [0.29, 0.717) is 25.4 Å². The quantitative estimate of drug-likeness (QED) is 0.742. The van der Waals surface area contributed by atoms with Gasteiger partial charge < -0.3 is 5.32 Å². The average molecular weight is 310 g/mol. The highest BCUT2D eigenvalue weighted by molar-refractivity contribution is 7.88. The lowest BCUT2D eigenvalue weighted by molar-refractivity contribution is -0.122. The number of amides is 1. The maximum Gasteiger partial charge on any atom is 0.223 e. The van der Waals surface area contributed by atoms with E-state index in [1.54, 1.807) is 0 Å². The molecule has 1 aliphatic rings. The highest BCUT2D eigenvalue weighted by Crippen LogP contribution is 2.48. The Bertz CT molecular complexity index is 613. The number of nitrogens with one attached hydrogen (secondary N) is 2. The minimum atomic E-state index is -3.14. The van der Waals surface area contributed by atoms with Gasteiger partial charge in [0.25, 0.3) is 0 Å². The van der Waals surface area contributed by atoms with Crippen LogP contribution in [0.2, 0.25) is 0 Å². The maximum atomic E-state index is 12.0. The average Bonchev–Trinajstić information content (AvgIpc) is 3.17. The van der Waals surface area contributed by atoms with Crippen molar-refractivity contribution in [3.63, 3.8) is 0 Å². The molecular formula is C15H22N2O3S. The van der Waals surface area contributed by atoms with Crippen LogP contribution >= 0.6 is 0 Å². The van der Waals surface area contributed by atoms with E-state index < -0.39 is 10.0 Å². The second-order valence-electron chi connectivity index (χ2n) is 5.62. The molecule has 1 saturated carbocycles. The molecule has 1 aromatic carbocycles. The second-order valence-corrected chi connectivity index (χ2v) is 7.45. The van der Waals surface area contributed by atoms with E-state index in [4.69, 9.17) is 0 Å². The van der Waals surface area contributed by atoms with Gasteiger partial charge in [-0.25, -0.2) is 13.1 Å². The summed E-state index contributed by atoms with van der Waals surface area (Å²) in [5, 5.41) is 2.88. The molecule has 0 saturated heterocycles. The van der Waals surface area contributed by atoms with E-state index in [0.717, 1.165) is 12.7 Å². The molecule has 21 heavy (non-hydrogen) atoms. The molecule has 0 spiro atoms. The highest BCUT2D eigenvalue weighted by atomic mass is 32.2. The third-order valence-electron chi connectivity index (χ3n) is 3.73. The molecule has 1 aliphatic carbocycles. The van der Waals surface area contributed by atoms with E-state index in [9.17, 15) is 13.2 Å². The lowest BCUT2D eigenvalue weighted by Crippen LogP contribution is -2.30. The summed E-state index contributed by atoms with van der Waals surface area (Å²) in [7, 11) is -3.14. The molecule has 2 atom stereocenters. The molecule has 0 unspecified atom stereocenters. The van der Waals surface area contributed by atoms with Crippen molar-refractivity contribution in [1.82, 2.24) is 10.0 Å². The summed E-state index contributed by atoms with van der Waals surface area (Å²) in [6, 6.07) is 8.17. The maximum absolute atomic E-state index is 12.0. The van der Waals surface area contributed by atoms with Crippen LogP contribution in [-0.2, 0) is 14.8 Å². The summed E-state index contributed by atoms with van der Waals surface area (Å²) in [5.74, 6) is 0.469. The third-order valence-corrected chi connectivity index (χ3v) is 4.46. The zero-order valence-electron chi connectivity index (χ0n) is 12.4.